The third-order valence-corrected chi connectivity index (χ3v) is 7.35. The summed E-state index contributed by atoms with van der Waals surface area (Å²) in [4.78, 5) is 19.5. The second-order valence-corrected chi connectivity index (χ2v) is 9.77. The summed E-state index contributed by atoms with van der Waals surface area (Å²) in [6, 6.07) is 16.8. The lowest BCUT2D eigenvalue weighted by Crippen LogP contribution is -2.40. The van der Waals surface area contributed by atoms with Crippen molar-refractivity contribution in [2.45, 2.75) is 25.8 Å². The monoisotopic (exact) mass is 476 g/mol. The van der Waals surface area contributed by atoms with Crippen LogP contribution in [0.15, 0.2) is 65.4 Å². The van der Waals surface area contributed by atoms with Crippen LogP contribution in [-0.4, -0.2) is 46.5 Å². The number of imidazole rings is 1. The number of para-hydroxylation sites is 2. The number of thiophene rings is 1. The number of nitrogens with one attached hydrogen (secondary N) is 1. The van der Waals surface area contributed by atoms with E-state index in [2.05, 4.69) is 26.9 Å². The van der Waals surface area contributed by atoms with Gasteiger partial charge in [0.15, 0.2) is 0 Å². The van der Waals surface area contributed by atoms with Crippen molar-refractivity contribution in [1.82, 2.24) is 19.8 Å². The fraction of sp³-hybridized carbons (Fsp3) is 0.333. The number of aromatic nitrogens is 2. The summed E-state index contributed by atoms with van der Waals surface area (Å²) in [6.45, 7) is 4.33. The summed E-state index contributed by atoms with van der Waals surface area (Å²) >= 11 is 1.54. The van der Waals surface area contributed by atoms with Crippen LogP contribution in [0.2, 0.25) is 0 Å². The van der Waals surface area contributed by atoms with Gasteiger partial charge in [0.1, 0.15) is 11.6 Å². The average molecular weight is 477 g/mol. The Hall–Kier alpha value is -3.03. The molecule has 1 amide bonds. The van der Waals surface area contributed by atoms with Gasteiger partial charge in [-0.15, -0.1) is 0 Å². The van der Waals surface area contributed by atoms with Gasteiger partial charge in [-0.3, -0.25) is 4.79 Å². The maximum atomic E-state index is 13.4. The van der Waals surface area contributed by atoms with Gasteiger partial charge in [-0.1, -0.05) is 24.3 Å². The van der Waals surface area contributed by atoms with Gasteiger partial charge < -0.3 is 14.8 Å². The van der Waals surface area contributed by atoms with Crippen LogP contribution in [0.3, 0.4) is 0 Å². The molecule has 2 aromatic carbocycles. The fourth-order valence-corrected chi connectivity index (χ4v) is 5.36. The first kappa shape index (κ1) is 22.7. The normalized spacial score (nSPS) is 15.1. The van der Waals surface area contributed by atoms with Crippen LogP contribution in [-0.2, 0) is 13.0 Å². The van der Waals surface area contributed by atoms with Crippen LogP contribution < -0.4 is 5.32 Å². The lowest BCUT2D eigenvalue weighted by molar-refractivity contribution is 0.0944. The minimum absolute atomic E-state index is 0.0104. The molecule has 176 valence electrons. The first-order valence-electron chi connectivity index (χ1n) is 11.9. The maximum absolute atomic E-state index is 13.4. The largest absolute Gasteiger partial charge is 0.351 e. The summed E-state index contributed by atoms with van der Waals surface area (Å²) < 4.78 is 15.7. The summed E-state index contributed by atoms with van der Waals surface area (Å²) in [5, 5.41) is 6.83. The molecular weight excluding hydrogens is 447 g/mol. The minimum Gasteiger partial charge on any atom is -0.351 e. The Kier molecular flexibility index (Phi) is 7.02. The number of rotatable bonds is 8. The number of nitrogens with zero attached hydrogens (tertiary/aromatic N) is 3. The van der Waals surface area contributed by atoms with E-state index in [0.717, 1.165) is 66.9 Å². The molecule has 2 aromatic heterocycles. The van der Waals surface area contributed by atoms with E-state index in [-0.39, 0.29) is 11.7 Å². The quantitative estimate of drug-likeness (QED) is 0.391. The number of halogens is 1. The van der Waals surface area contributed by atoms with Gasteiger partial charge in [0, 0.05) is 37.0 Å². The van der Waals surface area contributed by atoms with Gasteiger partial charge >= 0.3 is 0 Å². The zero-order valence-corrected chi connectivity index (χ0v) is 19.9. The Morgan fingerprint density at radius 2 is 1.88 bits per heavy atom. The topological polar surface area (TPSA) is 50.2 Å². The fourth-order valence-electron chi connectivity index (χ4n) is 4.73. The van der Waals surface area contributed by atoms with Crippen molar-refractivity contribution in [3.05, 3.63) is 88.1 Å². The molecule has 1 fully saturated rings. The maximum Gasteiger partial charge on any atom is 0.252 e. The number of carbonyl (C=O) groups is 1. The third-order valence-electron chi connectivity index (χ3n) is 6.66. The van der Waals surface area contributed by atoms with Crippen LogP contribution >= 0.6 is 11.3 Å². The van der Waals surface area contributed by atoms with E-state index in [4.69, 9.17) is 4.98 Å². The number of benzene rings is 2. The molecule has 3 heterocycles. The van der Waals surface area contributed by atoms with Gasteiger partial charge in [-0.2, -0.15) is 11.3 Å². The van der Waals surface area contributed by atoms with Crippen molar-refractivity contribution in [2.24, 2.45) is 5.92 Å². The number of hydrogen-bond acceptors (Lipinski definition) is 4. The first-order valence-corrected chi connectivity index (χ1v) is 12.8. The van der Waals surface area contributed by atoms with E-state index >= 15 is 0 Å². The Morgan fingerprint density at radius 1 is 1.09 bits per heavy atom. The SMILES string of the molecule is O=C(NCCN1CCC(Cc2nc3ccccc3n2Cc2ccc(F)cc2)CC1)c1ccsc1. The molecule has 0 radical (unpaired) electrons. The lowest BCUT2D eigenvalue weighted by Gasteiger charge is -2.32. The van der Waals surface area contributed by atoms with Crippen LogP contribution in [0.4, 0.5) is 4.39 Å². The molecule has 1 saturated heterocycles. The summed E-state index contributed by atoms with van der Waals surface area (Å²) in [5.41, 5.74) is 3.95. The van der Waals surface area contributed by atoms with Gasteiger partial charge in [-0.25, -0.2) is 9.37 Å². The predicted molar refractivity (Wildman–Crippen MR) is 135 cm³/mol. The summed E-state index contributed by atoms with van der Waals surface area (Å²) in [7, 11) is 0. The minimum atomic E-state index is -0.211. The highest BCUT2D eigenvalue weighted by Crippen LogP contribution is 2.25. The molecule has 4 aromatic rings. The second-order valence-electron chi connectivity index (χ2n) is 8.99. The van der Waals surface area contributed by atoms with Crippen molar-refractivity contribution >= 4 is 28.3 Å². The van der Waals surface area contributed by atoms with Crippen LogP contribution in [0.5, 0.6) is 0 Å². The van der Waals surface area contributed by atoms with Gasteiger partial charge in [0.05, 0.1) is 11.0 Å². The molecule has 1 N–H and O–H groups in total. The first-order chi connectivity index (χ1) is 16.7. The van der Waals surface area contributed by atoms with Crippen molar-refractivity contribution < 1.29 is 9.18 Å². The Bertz CT molecular complexity index is 1230. The van der Waals surface area contributed by atoms with Crippen LogP contribution in [0.25, 0.3) is 11.0 Å². The number of amides is 1. The van der Waals surface area contributed by atoms with Crippen LogP contribution in [0, 0.1) is 11.7 Å². The molecule has 0 spiro atoms. The number of carbonyl (C=O) groups excluding carboxylic acids is 1. The lowest BCUT2D eigenvalue weighted by atomic mass is 9.93. The third kappa shape index (κ3) is 5.37. The molecule has 0 unspecified atom stereocenters. The summed E-state index contributed by atoms with van der Waals surface area (Å²) in [6.07, 6.45) is 3.19. The molecule has 0 aliphatic carbocycles. The molecule has 0 saturated carbocycles. The smallest absolute Gasteiger partial charge is 0.252 e. The Morgan fingerprint density at radius 3 is 2.65 bits per heavy atom. The molecule has 7 heteroatoms. The van der Waals surface area contributed by atoms with Gasteiger partial charge in [0.2, 0.25) is 0 Å². The number of hydrogen-bond donors (Lipinski definition) is 1. The molecule has 1 aliphatic rings. The molecule has 5 nitrogen and oxygen atoms in total. The number of likely N-dealkylation sites (tertiary alicyclic amines) is 1. The average Bonchev–Trinajstić information content (AvgIpc) is 3.51. The van der Waals surface area contributed by atoms with Gasteiger partial charge in [-0.05, 0) is 73.1 Å². The van der Waals surface area contributed by atoms with Crippen molar-refractivity contribution in [2.75, 3.05) is 26.2 Å². The van der Waals surface area contributed by atoms with Crippen LogP contribution in [0.1, 0.15) is 34.6 Å². The molecule has 0 atom stereocenters. The standard InChI is InChI=1S/C27H29FN4OS/c28-23-7-5-21(6-8-23)18-32-25-4-2-1-3-24(25)30-26(32)17-20-9-13-31(14-10-20)15-12-29-27(33)22-11-16-34-19-22/h1-8,11,16,19-20H,9-10,12-15,17-18H2,(H,29,33). The molecule has 0 bridgehead atoms. The van der Waals surface area contributed by atoms with Crippen molar-refractivity contribution in [1.29, 1.82) is 0 Å². The summed E-state index contributed by atoms with van der Waals surface area (Å²) in [5.74, 6) is 1.49. The van der Waals surface area contributed by atoms with Crippen molar-refractivity contribution in [3.8, 4) is 0 Å². The highest BCUT2D eigenvalue weighted by atomic mass is 32.1. The van der Waals surface area contributed by atoms with E-state index in [0.29, 0.717) is 19.0 Å². The molecular formula is C27H29FN4OS. The van der Waals surface area contributed by atoms with E-state index in [1.165, 1.54) is 12.1 Å². The molecule has 1 aliphatic heterocycles. The molecule has 34 heavy (non-hydrogen) atoms. The predicted octanol–water partition coefficient (Wildman–Crippen LogP) is 4.97. The Labute approximate surface area is 203 Å². The van der Waals surface area contributed by atoms with Gasteiger partial charge in [0.25, 0.3) is 5.91 Å². The van der Waals surface area contributed by atoms with E-state index in [9.17, 15) is 9.18 Å². The highest BCUT2D eigenvalue weighted by molar-refractivity contribution is 7.08. The van der Waals surface area contributed by atoms with E-state index in [1.807, 2.05) is 41.1 Å². The zero-order chi connectivity index (χ0) is 23.3. The Balaban J connectivity index is 1.18. The van der Waals surface area contributed by atoms with E-state index < -0.39 is 0 Å². The number of fused-ring (bicyclic) bond motifs is 1. The second kappa shape index (κ2) is 10.5. The number of piperidine rings is 1. The zero-order valence-electron chi connectivity index (χ0n) is 19.1. The van der Waals surface area contributed by atoms with Crippen molar-refractivity contribution in [3.63, 3.8) is 0 Å². The molecule has 5 rings (SSSR count). The van der Waals surface area contributed by atoms with E-state index in [1.54, 1.807) is 11.3 Å². The highest BCUT2D eigenvalue weighted by Gasteiger charge is 2.22.